The molecule has 1 heterocycles. The Hall–Kier alpha value is -2.16. The number of nitrogens with zero attached hydrogens (tertiary/aromatic N) is 1. The standard InChI is InChI=1S/C15H15NO2/c1-9-4-6-13-12(5-7-14(17)18)8-10(2)16-15(13)11(9)3/h4-8H,1-3H3,(H,17,18)/b7-5+. The number of aliphatic carboxylic acids is 1. The molecule has 0 unspecified atom stereocenters. The van der Waals surface area contributed by atoms with Gasteiger partial charge in [-0.1, -0.05) is 12.1 Å². The highest BCUT2D eigenvalue weighted by atomic mass is 16.4. The number of fused-ring (bicyclic) bond motifs is 1. The summed E-state index contributed by atoms with van der Waals surface area (Å²) in [7, 11) is 0. The van der Waals surface area contributed by atoms with Crippen molar-refractivity contribution in [1.82, 2.24) is 4.98 Å². The van der Waals surface area contributed by atoms with Gasteiger partial charge in [0, 0.05) is 17.2 Å². The van der Waals surface area contributed by atoms with Gasteiger partial charge in [0.25, 0.3) is 0 Å². The van der Waals surface area contributed by atoms with E-state index in [0.29, 0.717) is 0 Å². The lowest BCUT2D eigenvalue weighted by molar-refractivity contribution is -0.131. The summed E-state index contributed by atoms with van der Waals surface area (Å²) in [6, 6.07) is 5.93. The number of benzene rings is 1. The van der Waals surface area contributed by atoms with Gasteiger partial charge in [-0.25, -0.2) is 4.79 Å². The molecule has 0 radical (unpaired) electrons. The van der Waals surface area contributed by atoms with Crippen LogP contribution in [-0.4, -0.2) is 16.1 Å². The van der Waals surface area contributed by atoms with Gasteiger partial charge < -0.3 is 5.11 Å². The summed E-state index contributed by atoms with van der Waals surface area (Å²) < 4.78 is 0. The van der Waals surface area contributed by atoms with Gasteiger partial charge in [0.15, 0.2) is 0 Å². The fourth-order valence-corrected chi connectivity index (χ4v) is 1.99. The normalized spacial score (nSPS) is 11.3. The Balaban J connectivity index is 2.74. The summed E-state index contributed by atoms with van der Waals surface area (Å²) in [6.07, 6.45) is 2.78. The zero-order valence-electron chi connectivity index (χ0n) is 10.7. The largest absolute Gasteiger partial charge is 0.478 e. The van der Waals surface area contributed by atoms with Crippen molar-refractivity contribution in [3.63, 3.8) is 0 Å². The molecule has 18 heavy (non-hydrogen) atoms. The zero-order valence-corrected chi connectivity index (χ0v) is 10.7. The minimum atomic E-state index is -0.943. The van der Waals surface area contributed by atoms with E-state index < -0.39 is 5.97 Å². The molecule has 3 heteroatoms. The molecule has 0 saturated carbocycles. The SMILES string of the molecule is Cc1cc(/C=C/C(=O)O)c2ccc(C)c(C)c2n1. The number of hydrogen-bond acceptors (Lipinski definition) is 2. The van der Waals surface area contributed by atoms with Gasteiger partial charge in [-0.3, -0.25) is 4.98 Å². The fraction of sp³-hybridized carbons (Fsp3) is 0.200. The third kappa shape index (κ3) is 2.25. The van der Waals surface area contributed by atoms with E-state index in [1.54, 1.807) is 6.08 Å². The molecule has 0 aliphatic heterocycles. The number of pyridine rings is 1. The van der Waals surface area contributed by atoms with Gasteiger partial charge >= 0.3 is 5.97 Å². The van der Waals surface area contributed by atoms with Crippen LogP contribution in [0.15, 0.2) is 24.3 Å². The smallest absolute Gasteiger partial charge is 0.328 e. The predicted octanol–water partition coefficient (Wildman–Crippen LogP) is 3.26. The van der Waals surface area contributed by atoms with Crippen LogP contribution in [0.2, 0.25) is 0 Å². The Labute approximate surface area is 106 Å². The van der Waals surface area contributed by atoms with E-state index >= 15 is 0 Å². The van der Waals surface area contributed by atoms with Crippen LogP contribution in [0.4, 0.5) is 0 Å². The predicted molar refractivity (Wildman–Crippen MR) is 72.6 cm³/mol. The summed E-state index contributed by atoms with van der Waals surface area (Å²) in [5.41, 5.74) is 5.05. The van der Waals surface area contributed by atoms with Crippen LogP contribution >= 0.6 is 0 Å². The van der Waals surface area contributed by atoms with Gasteiger partial charge in [0.2, 0.25) is 0 Å². The Bertz CT molecular complexity index is 657. The summed E-state index contributed by atoms with van der Waals surface area (Å²) in [5.74, 6) is -0.943. The second kappa shape index (κ2) is 4.61. The lowest BCUT2D eigenvalue weighted by Crippen LogP contribution is -1.93. The van der Waals surface area contributed by atoms with Gasteiger partial charge in [0.05, 0.1) is 5.52 Å². The van der Waals surface area contributed by atoms with Crippen LogP contribution in [0.5, 0.6) is 0 Å². The van der Waals surface area contributed by atoms with Gasteiger partial charge in [0.1, 0.15) is 0 Å². The lowest BCUT2D eigenvalue weighted by atomic mass is 10.0. The van der Waals surface area contributed by atoms with Crippen molar-refractivity contribution in [2.24, 2.45) is 0 Å². The molecule has 1 N–H and O–H groups in total. The van der Waals surface area contributed by atoms with Crippen molar-refractivity contribution in [2.75, 3.05) is 0 Å². The number of carboxylic acids is 1. The zero-order chi connectivity index (χ0) is 13.3. The van der Waals surface area contributed by atoms with Crippen LogP contribution in [-0.2, 0) is 4.79 Å². The first kappa shape index (κ1) is 12.3. The van der Waals surface area contributed by atoms with Crippen molar-refractivity contribution in [3.05, 3.63) is 46.7 Å². The molecule has 0 amide bonds. The van der Waals surface area contributed by atoms with E-state index in [1.165, 1.54) is 5.56 Å². The maximum atomic E-state index is 10.6. The minimum Gasteiger partial charge on any atom is -0.478 e. The molecule has 0 fully saturated rings. The van der Waals surface area contributed by atoms with E-state index in [2.05, 4.69) is 4.98 Å². The van der Waals surface area contributed by atoms with E-state index in [9.17, 15) is 4.79 Å². The van der Waals surface area contributed by atoms with E-state index in [4.69, 9.17) is 5.11 Å². The average molecular weight is 241 g/mol. The molecule has 2 aromatic rings. The van der Waals surface area contributed by atoms with Crippen molar-refractivity contribution in [2.45, 2.75) is 20.8 Å². The van der Waals surface area contributed by atoms with Crippen LogP contribution in [0.3, 0.4) is 0 Å². The second-order valence-corrected chi connectivity index (χ2v) is 4.43. The average Bonchev–Trinajstić information content (AvgIpc) is 2.31. The molecular weight excluding hydrogens is 226 g/mol. The molecule has 1 aromatic heterocycles. The summed E-state index contributed by atoms with van der Waals surface area (Å²) in [5, 5.41) is 9.70. The molecule has 1 aromatic carbocycles. The molecule has 3 nitrogen and oxygen atoms in total. The van der Waals surface area contributed by atoms with E-state index in [0.717, 1.165) is 33.8 Å². The third-order valence-electron chi connectivity index (χ3n) is 3.07. The van der Waals surface area contributed by atoms with Crippen LogP contribution in [0, 0.1) is 20.8 Å². The molecular formula is C15H15NO2. The molecule has 0 aliphatic carbocycles. The summed E-state index contributed by atoms with van der Waals surface area (Å²) >= 11 is 0. The Morgan fingerprint density at radius 1 is 1.28 bits per heavy atom. The molecule has 92 valence electrons. The number of aromatic nitrogens is 1. The highest BCUT2D eigenvalue weighted by molar-refractivity contribution is 5.94. The molecule has 0 bridgehead atoms. The fourth-order valence-electron chi connectivity index (χ4n) is 1.99. The lowest BCUT2D eigenvalue weighted by Gasteiger charge is -2.08. The van der Waals surface area contributed by atoms with Crippen LogP contribution < -0.4 is 0 Å². The van der Waals surface area contributed by atoms with Crippen molar-refractivity contribution >= 4 is 22.9 Å². The topological polar surface area (TPSA) is 50.2 Å². The highest BCUT2D eigenvalue weighted by Gasteiger charge is 2.06. The van der Waals surface area contributed by atoms with E-state index in [-0.39, 0.29) is 0 Å². The Kier molecular flexibility index (Phi) is 3.15. The van der Waals surface area contributed by atoms with Gasteiger partial charge in [-0.15, -0.1) is 0 Å². The highest BCUT2D eigenvalue weighted by Crippen LogP contribution is 2.24. The summed E-state index contributed by atoms with van der Waals surface area (Å²) in [6.45, 7) is 6.00. The molecule has 0 saturated heterocycles. The second-order valence-electron chi connectivity index (χ2n) is 4.43. The quantitative estimate of drug-likeness (QED) is 0.821. The Morgan fingerprint density at radius 3 is 2.67 bits per heavy atom. The van der Waals surface area contributed by atoms with Gasteiger partial charge in [-0.05, 0) is 49.6 Å². The van der Waals surface area contributed by atoms with Crippen molar-refractivity contribution in [3.8, 4) is 0 Å². The maximum absolute atomic E-state index is 10.6. The van der Waals surface area contributed by atoms with E-state index in [1.807, 2.05) is 39.0 Å². The van der Waals surface area contributed by atoms with Crippen molar-refractivity contribution in [1.29, 1.82) is 0 Å². The number of carboxylic acid groups (broad SMARTS) is 1. The van der Waals surface area contributed by atoms with Gasteiger partial charge in [-0.2, -0.15) is 0 Å². The number of carbonyl (C=O) groups is 1. The Morgan fingerprint density at radius 2 is 2.00 bits per heavy atom. The summed E-state index contributed by atoms with van der Waals surface area (Å²) in [4.78, 5) is 15.2. The van der Waals surface area contributed by atoms with Crippen LogP contribution in [0.25, 0.3) is 17.0 Å². The number of rotatable bonds is 2. The molecule has 2 rings (SSSR count). The van der Waals surface area contributed by atoms with Crippen LogP contribution in [0.1, 0.15) is 22.4 Å². The number of aryl methyl sites for hydroxylation is 3. The minimum absolute atomic E-state index is 0.890. The number of hydrogen-bond donors (Lipinski definition) is 1. The monoisotopic (exact) mass is 241 g/mol. The van der Waals surface area contributed by atoms with Crippen molar-refractivity contribution < 1.29 is 9.90 Å². The first-order valence-electron chi connectivity index (χ1n) is 5.77. The first-order chi connectivity index (χ1) is 8.49. The molecule has 0 spiro atoms. The molecule has 0 atom stereocenters. The molecule has 0 aliphatic rings. The first-order valence-corrected chi connectivity index (χ1v) is 5.77. The third-order valence-corrected chi connectivity index (χ3v) is 3.07. The maximum Gasteiger partial charge on any atom is 0.328 e.